The van der Waals surface area contributed by atoms with E-state index in [-0.39, 0.29) is 11.8 Å². The summed E-state index contributed by atoms with van der Waals surface area (Å²) < 4.78 is 11.1. The van der Waals surface area contributed by atoms with Crippen molar-refractivity contribution in [1.29, 1.82) is 10.7 Å². The maximum atomic E-state index is 13.1. The summed E-state index contributed by atoms with van der Waals surface area (Å²) in [5.41, 5.74) is 10.3. The first-order valence-electron chi connectivity index (χ1n) is 14.4. The van der Waals surface area contributed by atoms with Gasteiger partial charge in [-0.05, 0) is 25.0 Å². The van der Waals surface area contributed by atoms with Crippen molar-refractivity contribution in [2.75, 3.05) is 36.5 Å². The number of aromatic nitrogens is 1. The lowest BCUT2D eigenvalue weighted by Gasteiger charge is -2.30. The molecule has 1 saturated carbocycles. The average molecular weight is 579 g/mol. The summed E-state index contributed by atoms with van der Waals surface area (Å²) in [7, 11) is 0. The number of hydrogen-bond donors (Lipinski definition) is 3. The topological polar surface area (TPSA) is 162 Å². The Morgan fingerprint density at radius 1 is 1.14 bits per heavy atom. The molecular formula is C32H34N8O3. The third-order valence-electron chi connectivity index (χ3n) is 7.10. The number of para-hydroxylation sites is 1. The van der Waals surface area contributed by atoms with Crippen LogP contribution < -0.4 is 16.0 Å². The van der Waals surface area contributed by atoms with Gasteiger partial charge >= 0.3 is 0 Å². The highest BCUT2D eigenvalue weighted by Gasteiger charge is 2.32. The van der Waals surface area contributed by atoms with E-state index in [4.69, 9.17) is 25.6 Å². The lowest BCUT2D eigenvalue weighted by atomic mass is 10.0. The fourth-order valence-electron chi connectivity index (χ4n) is 4.92. The zero-order valence-corrected chi connectivity index (χ0v) is 24.2. The number of ether oxygens (including phenoxy) is 2. The second-order valence-electron chi connectivity index (χ2n) is 9.93. The first kappa shape index (κ1) is 29.4. The largest absolute Gasteiger partial charge is 0.407 e. The monoisotopic (exact) mass is 578 g/mol. The molecule has 1 aliphatic carbocycles. The number of fused-ring (bicyclic) bond motifs is 1. The Labute approximate surface area is 250 Å². The molecule has 43 heavy (non-hydrogen) atoms. The minimum absolute atomic E-state index is 0.245. The maximum Gasteiger partial charge on any atom is 0.291 e. The highest BCUT2D eigenvalue weighted by molar-refractivity contribution is 6.19. The van der Waals surface area contributed by atoms with Gasteiger partial charge in [0.1, 0.15) is 11.9 Å². The fraction of sp³-hybridized carbons (Fsp3) is 0.312. The molecule has 11 nitrogen and oxygen atoms in total. The van der Waals surface area contributed by atoms with Crippen molar-refractivity contribution in [1.82, 2.24) is 4.98 Å². The Bertz CT molecular complexity index is 1600. The normalized spacial score (nSPS) is 18.1. The Kier molecular flexibility index (Phi) is 9.08. The molecule has 0 spiro atoms. The van der Waals surface area contributed by atoms with Crippen LogP contribution in [0.1, 0.15) is 60.6 Å². The van der Waals surface area contributed by atoms with Crippen LogP contribution in [0.3, 0.4) is 0 Å². The molecule has 0 radical (unpaired) electrons. The number of aliphatic imine (C=N–C) groups is 2. The van der Waals surface area contributed by atoms with Crippen molar-refractivity contribution in [3.8, 4) is 6.07 Å². The molecule has 3 aromatic rings. The molecule has 2 aliphatic heterocycles. The quantitative estimate of drug-likeness (QED) is 0.302. The number of hydrogen-bond acceptors (Lipinski definition) is 9. The van der Waals surface area contributed by atoms with Crippen LogP contribution in [0.15, 0.2) is 70.6 Å². The van der Waals surface area contributed by atoms with Gasteiger partial charge < -0.3 is 25.4 Å². The van der Waals surface area contributed by atoms with Gasteiger partial charge in [-0.2, -0.15) is 10.3 Å². The van der Waals surface area contributed by atoms with Crippen molar-refractivity contribution in [2.24, 2.45) is 15.7 Å². The van der Waals surface area contributed by atoms with E-state index in [1.807, 2.05) is 67.3 Å². The summed E-state index contributed by atoms with van der Waals surface area (Å²) in [6, 6.07) is 20.3. The SMILES string of the molecule is CC.N#Cc1cc(C(=N)O/C(N)=N/C2N=C(c3ccccc3)c3ccccc3NC2=O)c(N2CCOCC2)nc1C1CC1. The van der Waals surface area contributed by atoms with Crippen LogP contribution in [0.25, 0.3) is 0 Å². The predicted octanol–water partition coefficient (Wildman–Crippen LogP) is 4.17. The summed E-state index contributed by atoms with van der Waals surface area (Å²) in [6.45, 7) is 6.23. The smallest absolute Gasteiger partial charge is 0.291 e. The lowest BCUT2D eigenvalue weighted by molar-refractivity contribution is -0.117. The van der Waals surface area contributed by atoms with Crippen molar-refractivity contribution in [2.45, 2.75) is 38.8 Å². The highest BCUT2D eigenvalue weighted by atomic mass is 16.5. The molecule has 3 heterocycles. The molecular weight excluding hydrogens is 544 g/mol. The van der Waals surface area contributed by atoms with E-state index < -0.39 is 18.1 Å². The number of nitrogens with zero attached hydrogens (tertiary/aromatic N) is 5. The van der Waals surface area contributed by atoms with E-state index in [9.17, 15) is 10.1 Å². The van der Waals surface area contributed by atoms with E-state index >= 15 is 0 Å². The van der Waals surface area contributed by atoms with Gasteiger partial charge in [-0.1, -0.05) is 62.4 Å². The van der Waals surface area contributed by atoms with Gasteiger partial charge in [-0.25, -0.2) is 9.98 Å². The molecule has 1 unspecified atom stereocenters. The number of pyridine rings is 1. The molecule has 1 amide bonds. The molecule has 6 rings (SSSR count). The van der Waals surface area contributed by atoms with E-state index in [0.717, 1.165) is 29.7 Å². The standard InChI is InChI=1S/C30H28N8O3.C2H6/c31-17-20-16-22(28(36-24(20)19-10-11-19)38-12-14-40-15-13-38)26(32)41-30(33)37-27-29(39)34-23-9-5-4-8-21(23)25(35-27)18-6-2-1-3-7-18;1-2/h1-9,16,19,27,32H,10-15H2,(H2,33,37)(H,34,39);1-2H3. The number of carbonyl (C=O) groups is 1. The number of anilines is 2. The first-order valence-corrected chi connectivity index (χ1v) is 14.4. The predicted molar refractivity (Wildman–Crippen MR) is 166 cm³/mol. The van der Waals surface area contributed by atoms with Crippen LogP contribution in [0.4, 0.5) is 11.5 Å². The van der Waals surface area contributed by atoms with E-state index in [1.165, 1.54) is 0 Å². The minimum Gasteiger partial charge on any atom is -0.407 e. The van der Waals surface area contributed by atoms with E-state index in [2.05, 4.69) is 21.4 Å². The molecule has 220 valence electrons. The molecule has 1 saturated heterocycles. The average Bonchev–Trinajstić information content (AvgIpc) is 3.91. The molecule has 1 atom stereocenters. The third kappa shape index (κ3) is 6.55. The number of amidine groups is 1. The number of amides is 1. The lowest BCUT2D eigenvalue weighted by Crippen LogP contribution is -2.38. The summed E-state index contributed by atoms with van der Waals surface area (Å²) in [5.74, 6) is -0.0323. The Morgan fingerprint density at radius 3 is 2.53 bits per heavy atom. The number of nitriles is 1. The Morgan fingerprint density at radius 2 is 1.84 bits per heavy atom. The Hall–Kier alpha value is -5.08. The van der Waals surface area contributed by atoms with Crippen molar-refractivity contribution < 1.29 is 14.3 Å². The van der Waals surface area contributed by atoms with Gasteiger partial charge in [-0.15, -0.1) is 0 Å². The van der Waals surface area contributed by atoms with Crippen molar-refractivity contribution in [3.63, 3.8) is 0 Å². The van der Waals surface area contributed by atoms with Crippen LogP contribution in [0, 0.1) is 16.7 Å². The van der Waals surface area contributed by atoms with Crippen LogP contribution in [0.2, 0.25) is 0 Å². The number of benzene rings is 2. The third-order valence-corrected chi connectivity index (χ3v) is 7.10. The van der Waals surface area contributed by atoms with Crippen LogP contribution in [-0.2, 0) is 14.3 Å². The number of nitrogens with two attached hydrogens (primary N) is 1. The van der Waals surface area contributed by atoms with Crippen molar-refractivity contribution >= 4 is 35.0 Å². The summed E-state index contributed by atoms with van der Waals surface area (Å²) in [6.07, 6.45) is 0.709. The van der Waals surface area contributed by atoms with Gasteiger partial charge in [0, 0.05) is 30.1 Å². The number of rotatable bonds is 5. The second-order valence-corrected chi connectivity index (χ2v) is 9.93. The van der Waals surface area contributed by atoms with Crippen LogP contribution in [-0.4, -0.2) is 61.0 Å². The summed E-state index contributed by atoms with van der Waals surface area (Å²) in [4.78, 5) is 28.9. The van der Waals surface area contributed by atoms with E-state index in [1.54, 1.807) is 12.1 Å². The van der Waals surface area contributed by atoms with E-state index in [0.29, 0.717) is 54.6 Å². The van der Waals surface area contributed by atoms with Gasteiger partial charge in [0.15, 0.2) is 0 Å². The van der Waals surface area contributed by atoms with Gasteiger partial charge in [0.05, 0.1) is 41.4 Å². The number of benzodiazepines with no additional fused rings is 1. The van der Waals surface area contributed by atoms with Crippen LogP contribution in [0.5, 0.6) is 0 Å². The van der Waals surface area contributed by atoms with Crippen molar-refractivity contribution in [3.05, 3.63) is 88.6 Å². The molecule has 2 aromatic carbocycles. The van der Waals surface area contributed by atoms with Gasteiger partial charge in [0.2, 0.25) is 12.1 Å². The first-order chi connectivity index (χ1) is 21.0. The molecule has 2 fully saturated rings. The highest BCUT2D eigenvalue weighted by Crippen LogP contribution is 2.42. The molecule has 4 N–H and O–H groups in total. The molecule has 11 heteroatoms. The zero-order chi connectivity index (χ0) is 30.3. The fourth-order valence-corrected chi connectivity index (χ4v) is 4.92. The molecule has 0 bridgehead atoms. The summed E-state index contributed by atoms with van der Waals surface area (Å²) in [5, 5.41) is 21.4. The maximum absolute atomic E-state index is 13.1. The minimum atomic E-state index is -1.26. The number of carbonyl (C=O) groups excluding carboxylic acids is 1. The zero-order valence-electron chi connectivity index (χ0n) is 24.2. The molecule has 1 aromatic heterocycles. The second kappa shape index (κ2) is 13.3. The van der Waals surface area contributed by atoms with Gasteiger partial charge in [-0.3, -0.25) is 10.2 Å². The number of morpholine rings is 1. The number of nitrogens with one attached hydrogen (secondary N) is 2. The van der Waals surface area contributed by atoms with Crippen LogP contribution >= 0.6 is 0 Å². The molecule has 3 aliphatic rings. The Balaban J connectivity index is 0.00000180. The summed E-state index contributed by atoms with van der Waals surface area (Å²) >= 11 is 0. The van der Waals surface area contributed by atoms with Gasteiger partial charge in [0.25, 0.3) is 11.9 Å².